The Kier molecular flexibility index (Phi) is 6.14. The van der Waals surface area contributed by atoms with Crippen LogP contribution in [0.4, 0.5) is 14.5 Å². The maximum absolute atomic E-state index is 12.4. The average molecular weight is 354 g/mol. The van der Waals surface area contributed by atoms with Crippen molar-refractivity contribution in [3.05, 3.63) is 59.1 Å². The number of hydrogen-bond donors (Lipinski definition) is 1. The van der Waals surface area contributed by atoms with Crippen molar-refractivity contribution >= 4 is 29.3 Å². The second-order valence-corrected chi connectivity index (χ2v) is 5.05. The van der Waals surface area contributed by atoms with E-state index in [1.165, 1.54) is 31.4 Å². The van der Waals surface area contributed by atoms with Crippen LogP contribution in [0, 0.1) is 0 Å². The maximum atomic E-state index is 12.4. The molecule has 0 atom stereocenters. The van der Waals surface area contributed by atoms with Crippen LogP contribution in [-0.2, 0) is 4.79 Å². The van der Waals surface area contributed by atoms with E-state index in [0.29, 0.717) is 10.7 Å². The number of amides is 1. The fraction of sp³-hybridized carbons (Fsp3) is 0.118. The second-order valence-electron chi connectivity index (χ2n) is 4.62. The molecule has 0 aromatic heterocycles. The van der Waals surface area contributed by atoms with Crippen molar-refractivity contribution < 1.29 is 23.0 Å². The molecule has 2 rings (SSSR count). The van der Waals surface area contributed by atoms with E-state index in [0.717, 1.165) is 5.56 Å². The van der Waals surface area contributed by atoms with Gasteiger partial charge in [-0.25, -0.2) is 0 Å². The average Bonchev–Trinajstić information content (AvgIpc) is 2.54. The third-order valence-electron chi connectivity index (χ3n) is 2.94. The molecule has 0 saturated heterocycles. The van der Waals surface area contributed by atoms with E-state index in [2.05, 4.69) is 10.1 Å². The number of carbonyl (C=O) groups is 1. The Bertz CT molecular complexity index is 733. The first kappa shape index (κ1) is 17.7. The van der Waals surface area contributed by atoms with Crippen LogP contribution in [0.15, 0.2) is 48.5 Å². The van der Waals surface area contributed by atoms with Crippen LogP contribution in [-0.4, -0.2) is 19.6 Å². The van der Waals surface area contributed by atoms with Crippen molar-refractivity contribution in [1.82, 2.24) is 0 Å². The summed E-state index contributed by atoms with van der Waals surface area (Å²) < 4.78 is 34.0. The Morgan fingerprint density at radius 1 is 1.17 bits per heavy atom. The van der Waals surface area contributed by atoms with Gasteiger partial charge in [0, 0.05) is 22.9 Å². The minimum Gasteiger partial charge on any atom is -0.493 e. The van der Waals surface area contributed by atoms with E-state index in [1.807, 2.05) is 0 Å². The minimum absolute atomic E-state index is 0.144. The lowest BCUT2D eigenvalue weighted by Gasteiger charge is -2.11. The number of benzene rings is 2. The van der Waals surface area contributed by atoms with Gasteiger partial charge in [0.25, 0.3) is 0 Å². The molecule has 1 amide bonds. The number of anilines is 1. The number of ether oxygens (including phenoxy) is 2. The molecular formula is C17H14ClF2NO3. The largest absolute Gasteiger partial charge is 0.493 e. The number of carbonyl (C=O) groups excluding carboxylic acids is 1. The molecule has 0 aliphatic rings. The minimum atomic E-state index is -2.99. The molecule has 0 heterocycles. The molecule has 7 heteroatoms. The Hall–Kier alpha value is -2.60. The van der Waals surface area contributed by atoms with Crippen molar-refractivity contribution in [3.63, 3.8) is 0 Å². The van der Waals surface area contributed by atoms with Gasteiger partial charge in [0.1, 0.15) is 0 Å². The molecule has 24 heavy (non-hydrogen) atoms. The van der Waals surface area contributed by atoms with E-state index >= 15 is 0 Å². The lowest BCUT2D eigenvalue weighted by Crippen LogP contribution is -2.09. The van der Waals surface area contributed by atoms with Gasteiger partial charge in [-0.2, -0.15) is 8.78 Å². The van der Waals surface area contributed by atoms with Crippen LogP contribution in [0.5, 0.6) is 11.5 Å². The van der Waals surface area contributed by atoms with Crippen LogP contribution < -0.4 is 14.8 Å². The van der Waals surface area contributed by atoms with Crippen LogP contribution in [0.3, 0.4) is 0 Å². The molecule has 0 spiro atoms. The van der Waals surface area contributed by atoms with E-state index in [4.69, 9.17) is 16.3 Å². The SMILES string of the molecule is COc1ccc(NC(=O)/C=C/c2ccc(Cl)cc2)cc1OC(F)F. The van der Waals surface area contributed by atoms with Crippen molar-refractivity contribution in [2.75, 3.05) is 12.4 Å². The lowest BCUT2D eigenvalue weighted by atomic mass is 10.2. The fourth-order valence-electron chi connectivity index (χ4n) is 1.87. The van der Waals surface area contributed by atoms with E-state index < -0.39 is 12.5 Å². The van der Waals surface area contributed by atoms with Gasteiger partial charge >= 0.3 is 6.61 Å². The summed E-state index contributed by atoms with van der Waals surface area (Å²) in [5.74, 6) is -0.435. The van der Waals surface area contributed by atoms with Crippen LogP contribution in [0.2, 0.25) is 5.02 Å². The summed E-state index contributed by atoms with van der Waals surface area (Å²) in [6.45, 7) is -2.99. The molecular weight excluding hydrogens is 340 g/mol. The quantitative estimate of drug-likeness (QED) is 0.772. The van der Waals surface area contributed by atoms with E-state index in [9.17, 15) is 13.6 Å². The molecule has 2 aromatic carbocycles. The van der Waals surface area contributed by atoms with Gasteiger partial charge in [-0.1, -0.05) is 23.7 Å². The summed E-state index contributed by atoms with van der Waals surface area (Å²) in [6, 6.07) is 11.1. The Balaban J connectivity index is 2.06. The Morgan fingerprint density at radius 2 is 1.88 bits per heavy atom. The molecule has 4 nitrogen and oxygen atoms in total. The fourth-order valence-corrected chi connectivity index (χ4v) is 2.00. The summed E-state index contributed by atoms with van der Waals surface area (Å²) in [5, 5.41) is 3.15. The molecule has 0 radical (unpaired) electrons. The summed E-state index contributed by atoms with van der Waals surface area (Å²) in [7, 11) is 1.33. The Labute approximate surface area is 142 Å². The molecule has 126 valence electrons. The first-order valence-corrected chi connectivity index (χ1v) is 7.23. The van der Waals surface area contributed by atoms with Gasteiger partial charge in [0.2, 0.25) is 5.91 Å². The van der Waals surface area contributed by atoms with Crippen molar-refractivity contribution in [2.24, 2.45) is 0 Å². The molecule has 0 unspecified atom stereocenters. The molecule has 0 aliphatic heterocycles. The molecule has 0 saturated carbocycles. The van der Waals surface area contributed by atoms with Gasteiger partial charge in [-0.3, -0.25) is 4.79 Å². The van der Waals surface area contributed by atoms with Crippen molar-refractivity contribution in [3.8, 4) is 11.5 Å². The highest BCUT2D eigenvalue weighted by atomic mass is 35.5. The van der Waals surface area contributed by atoms with Crippen molar-refractivity contribution in [2.45, 2.75) is 6.61 Å². The summed E-state index contributed by atoms with van der Waals surface area (Å²) in [5.41, 5.74) is 1.10. The maximum Gasteiger partial charge on any atom is 0.387 e. The van der Waals surface area contributed by atoms with Gasteiger partial charge in [-0.15, -0.1) is 0 Å². The monoisotopic (exact) mass is 353 g/mol. The number of nitrogens with one attached hydrogen (secondary N) is 1. The van der Waals surface area contributed by atoms with E-state index in [1.54, 1.807) is 30.3 Å². The number of rotatable bonds is 6. The van der Waals surface area contributed by atoms with Gasteiger partial charge in [0.05, 0.1) is 7.11 Å². The predicted molar refractivity (Wildman–Crippen MR) is 88.7 cm³/mol. The molecule has 0 bridgehead atoms. The van der Waals surface area contributed by atoms with Crippen LogP contribution >= 0.6 is 11.6 Å². The number of halogens is 3. The van der Waals surface area contributed by atoms with Crippen molar-refractivity contribution in [1.29, 1.82) is 0 Å². The lowest BCUT2D eigenvalue weighted by molar-refractivity contribution is -0.111. The molecule has 2 aromatic rings. The first-order chi connectivity index (χ1) is 11.5. The summed E-state index contributed by atoms with van der Waals surface area (Å²) >= 11 is 5.78. The Morgan fingerprint density at radius 3 is 2.50 bits per heavy atom. The molecule has 0 aliphatic carbocycles. The highest BCUT2D eigenvalue weighted by Gasteiger charge is 2.11. The number of methoxy groups -OCH3 is 1. The predicted octanol–water partition coefficient (Wildman–Crippen LogP) is 4.60. The first-order valence-electron chi connectivity index (χ1n) is 6.85. The number of hydrogen-bond acceptors (Lipinski definition) is 3. The van der Waals surface area contributed by atoms with Gasteiger partial charge < -0.3 is 14.8 Å². The zero-order chi connectivity index (χ0) is 17.5. The smallest absolute Gasteiger partial charge is 0.387 e. The van der Waals surface area contributed by atoms with E-state index in [-0.39, 0.29) is 11.5 Å². The zero-order valence-corrected chi connectivity index (χ0v) is 13.4. The zero-order valence-electron chi connectivity index (χ0n) is 12.6. The van der Waals surface area contributed by atoms with Gasteiger partial charge in [0.15, 0.2) is 11.5 Å². The summed E-state index contributed by atoms with van der Waals surface area (Å²) in [4.78, 5) is 11.9. The topological polar surface area (TPSA) is 47.6 Å². The summed E-state index contributed by atoms with van der Waals surface area (Å²) in [6.07, 6.45) is 2.92. The highest BCUT2D eigenvalue weighted by Crippen LogP contribution is 2.31. The van der Waals surface area contributed by atoms with Crippen LogP contribution in [0.25, 0.3) is 6.08 Å². The molecule has 0 fully saturated rings. The van der Waals surface area contributed by atoms with Crippen LogP contribution in [0.1, 0.15) is 5.56 Å². The number of alkyl halides is 2. The highest BCUT2D eigenvalue weighted by molar-refractivity contribution is 6.30. The third-order valence-corrected chi connectivity index (χ3v) is 3.20. The second kappa shape index (κ2) is 8.31. The third kappa shape index (κ3) is 5.24. The standard InChI is InChI=1S/C17H14ClF2NO3/c1-23-14-8-7-13(10-15(14)24-17(19)20)21-16(22)9-4-11-2-5-12(18)6-3-11/h2-10,17H,1H3,(H,21,22)/b9-4+. The van der Waals surface area contributed by atoms with Gasteiger partial charge in [-0.05, 0) is 35.9 Å². The normalized spacial score (nSPS) is 10.9. The molecule has 1 N–H and O–H groups in total.